The maximum atomic E-state index is 12.4. The van der Waals surface area contributed by atoms with Crippen molar-refractivity contribution in [3.05, 3.63) is 29.1 Å². The van der Waals surface area contributed by atoms with Gasteiger partial charge in [-0.05, 0) is 40.1 Å². The van der Waals surface area contributed by atoms with Crippen LogP contribution in [0.3, 0.4) is 0 Å². The van der Waals surface area contributed by atoms with E-state index in [9.17, 15) is 9.59 Å². The molecule has 20 heavy (non-hydrogen) atoms. The average molecular weight is 279 g/mol. The molecule has 0 aliphatic rings. The Hall–Kier alpha value is -1.95. The van der Waals surface area contributed by atoms with Crippen LogP contribution in [0.4, 0.5) is 0 Å². The van der Waals surface area contributed by atoms with E-state index in [-0.39, 0.29) is 12.5 Å². The molecule has 110 valence electrons. The number of aliphatic carboxylic acids is 1. The van der Waals surface area contributed by atoms with Gasteiger partial charge in [0.15, 0.2) is 0 Å². The number of aromatic nitrogens is 1. The van der Waals surface area contributed by atoms with Gasteiger partial charge in [-0.2, -0.15) is 0 Å². The quantitative estimate of drug-likeness (QED) is 0.833. The Bertz CT molecular complexity index is 500. The first-order chi connectivity index (χ1) is 9.31. The van der Waals surface area contributed by atoms with Gasteiger partial charge in [-0.1, -0.05) is 0 Å². The van der Waals surface area contributed by atoms with Crippen LogP contribution in [0.15, 0.2) is 12.1 Å². The fraction of sp³-hybridized carbons (Fsp3) is 0.500. The van der Waals surface area contributed by atoms with E-state index < -0.39 is 5.97 Å². The maximum Gasteiger partial charge on any atom is 0.323 e. The highest BCUT2D eigenvalue weighted by Crippen LogP contribution is 2.10. The van der Waals surface area contributed by atoms with Crippen LogP contribution in [0.25, 0.3) is 0 Å². The summed E-state index contributed by atoms with van der Waals surface area (Å²) in [5.41, 5.74) is 1.91. The van der Waals surface area contributed by atoms with Gasteiger partial charge in [-0.25, -0.2) is 0 Å². The van der Waals surface area contributed by atoms with Gasteiger partial charge in [0.2, 0.25) is 0 Å². The lowest BCUT2D eigenvalue weighted by Gasteiger charge is -2.23. The molecule has 0 unspecified atom stereocenters. The van der Waals surface area contributed by atoms with Crippen LogP contribution in [0, 0.1) is 13.8 Å². The smallest absolute Gasteiger partial charge is 0.323 e. The lowest BCUT2D eigenvalue weighted by molar-refractivity contribution is -0.137. The molecule has 1 amide bonds. The molecule has 1 aromatic rings. The summed E-state index contributed by atoms with van der Waals surface area (Å²) < 4.78 is 0. The van der Waals surface area contributed by atoms with Crippen LogP contribution in [-0.2, 0) is 4.79 Å². The third kappa shape index (κ3) is 4.62. The molecular weight excluding hydrogens is 258 g/mol. The predicted molar refractivity (Wildman–Crippen MR) is 75.8 cm³/mol. The molecule has 0 aromatic carbocycles. The van der Waals surface area contributed by atoms with E-state index in [1.54, 1.807) is 19.1 Å². The number of carbonyl (C=O) groups is 2. The molecule has 1 aromatic heterocycles. The monoisotopic (exact) mass is 279 g/mol. The van der Waals surface area contributed by atoms with Gasteiger partial charge < -0.3 is 14.9 Å². The summed E-state index contributed by atoms with van der Waals surface area (Å²) >= 11 is 0. The number of pyridine rings is 1. The van der Waals surface area contributed by atoms with Crippen LogP contribution in [0.1, 0.15) is 21.7 Å². The van der Waals surface area contributed by atoms with Crippen molar-refractivity contribution in [1.29, 1.82) is 0 Å². The average Bonchev–Trinajstić information content (AvgIpc) is 2.33. The SMILES string of the molecule is Cc1ccc(C(=O)N(CCN(C)C)CC(=O)O)c(C)n1. The number of likely N-dealkylation sites (N-methyl/N-ethyl adjacent to an activating group) is 1. The fourth-order valence-electron chi connectivity index (χ4n) is 1.82. The zero-order valence-electron chi connectivity index (χ0n) is 12.4. The second-order valence-corrected chi connectivity index (χ2v) is 5.01. The van der Waals surface area contributed by atoms with Crippen molar-refractivity contribution >= 4 is 11.9 Å². The van der Waals surface area contributed by atoms with Gasteiger partial charge in [-0.15, -0.1) is 0 Å². The second kappa shape index (κ2) is 7.00. The van der Waals surface area contributed by atoms with Gasteiger partial charge in [0.05, 0.1) is 11.3 Å². The van der Waals surface area contributed by atoms with E-state index in [1.165, 1.54) is 4.90 Å². The molecule has 1 heterocycles. The van der Waals surface area contributed by atoms with E-state index in [4.69, 9.17) is 5.11 Å². The molecule has 0 saturated heterocycles. The molecule has 0 fully saturated rings. The highest BCUT2D eigenvalue weighted by atomic mass is 16.4. The molecule has 0 bridgehead atoms. The number of nitrogens with zero attached hydrogens (tertiary/aromatic N) is 3. The third-order valence-corrected chi connectivity index (χ3v) is 2.89. The lowest BCUT2D eigenvalue weighted by atomic mass is 10.1. The van der Waals surface area contributed by atoms with Crippen LogP contribution in [0.2, 0.25) is 0 Å². The molecule has 0 radical (unpaired) electrons. The Morgan fingerprint density at radius 1 is 1.20 bits per heavy atom. The van der Waals surface area contributed by atoms with Crippen LogP contribution >= 0.6 is 0 Å². The van der Waals surface area contributed by atoms with E-state index >= 15 is 0 Å². The molecule has 0 saturated carbocycles. The van der Waals surface area contributed by atoms with Crippen LogP contribution < -0.4 is 0 Å². The molecule has 1 rings (SSSR count). The normalized spacial score (nSPS) is 10.7. The zero-order chi connectivity index (χ0) is 15.3. The van der Waals surface area contributed by atoms with Crippen LogP contribution in [0.5, 0.6) is 0 Å². The number of carboxylic acids is 1. The Morgan fingerprint density at radius 2 is 1.85 bits per heavy atom. The molecule has 0 spiro atoms. The minimum absolute atomic E-state index is 0.292. The summed E-state index contributed by atoms with van der Waals surface area (Å²) in [6.45, 7) is 4.27. The number of rotatable bonds is 6. The highest BCUT2D eigenvalue weighted by Gasteiger charge is 2.20. The number of amides is 1. The zero-order valence-corrected chi connectivity index (χ0v) is 12.4. The van der Waals surface area contributed by atoms with E-state index in [0.29, 0.717) is 24.3 Å². The van der Waals surface area contributed by atoms with Crippen molar-refractivity contribution in [3.8, 4) is 0 Å². The summed E-state index contributed by atoms with van der Waals surface area (Å²) in [4.78, 5) is 30.8. The van der Waals surface area contributed by atoms with Crippen molar-refractivity contribution in [1.82, 2.24) is 14.8 Å². The Morgan fingerprint density at radius 3 is 2.35 bits per heavy atom. The summed E-state index contributed by atoms with van der Waals surface area (Å²) in [5.74, 6) is -1.31. The summed E-state index contributed by atoms with van der Waals surface area (Å²) in [6.07, 6.45) is 0. The summed E-state index contributed by atoms with van der Waals surface area (Å²) in [6, 6.07) is 3.45. The van der Waals surface area contributed by atoms with Crippen molar-refractivity contribution < 1.29 is 14.7 Å². The molecule has 0 aliphatic heterocycles. The largest absolute Gasteiger partial charge is 0.480 e. The molecule has 1 N–H and O–H groups in total. The van der Waals surface area contributed by atoms with Gasteiger partial charge in [-0.3, -0.25) is 14.6 Å². The standard InChI is InChI=1S/C14H21N3O3/c1-10-5-6-12(11(2)15-10)14(20)17(9-13(18)19)8-7-16(3)4/h5-6H,7-9H2,1-4H3,(H,18,19). The number of aryl methyl sites for hydroxylation is 2. The van der Waals surface area contributed by atoms with E-state index in [0.717, 1.165) is 5.69 Å². The second-order valence-electron chi connectivity index (χ2n) is 5.01. The van der Waals surface area contributed by atoms with Gasteiger partial charge in [0.1, 0.15) is 6.54 Å². The maximum absolute atomic E-state index is 12.4. The Kier molecular flexibility index (Phi) is 5.64. The first-order valence-corrected chi connectivity index (χ1v) is 6.41. The topological polar surface area (TPSA) is 73.7 Å². The first-order valence-electron chi connectivity index (χ1n) is 6.41. The van der Waals surface area contributed by atoms with Crippen molar-refractivity contribution in [2.45, 2.75) is 13.8 Å². The number of carbonyl (C=O) groups excluding carboxylic acids is 1. The fourth-order valence-corrected chi connectivity index (χ4v) is 1.82. The minimum atomic E-state index is -1.02. The molecule has 0 aliphatic carbocycles. The van der Waals surface area contributed by atoms with E-state index in [2.05, 4.69) is 4.98 Å². The highest BCUT2D eigenvalue weighted by molar-refractivity contribution is 5.96. The van der Waals surface area contributed by atoms with Gasteiger partial charge in [0.25, 0.3) is 5.91 Å². The molecular formula is C14H21N3O3. The predicted octanol–water partition coefficient (Wildman–Crippen LogP) is 0.787. The van der Waals surface area contributed by atoms with Crippen molar-refractivity contribution in [2.75, 3.05) is 33.7 Å². The molecule has 0 atom stereocenters. The summed E-state index contributed by atoms with van der Waals surface area (Å²) in [7, 11) is 3.75. The molecule has 6 nitrogen and oxygen atoms in total. The Balaban J connectivity index is 2.93. The Labute approximate surface area is 119 Å². The van der Waals surface area contributed by atoms with Crippen LogP contribution in [-0.4, -0.2) is 65.5 Å². The molecule has 6 heteroatoms. The number of carboxylic acid groups (broad SMARTS) is 1. The van der Waals surface area contributed by atoms with E-state index in [1.807, 2.05) is 25.9 Å². The third-order valence-electron chi connectivity index (χ3n) is 2.89. The van der Waals surface area contributed by atoms with Gasteiger partial charge in [0, 0.05) is 18.8 Å². The lowest BCUT2D eigenvalue weighted by Crippen LogP contribution is -2.40. The van der Waals surface area contributed by atoms with Gasteiger partial charge >= 0.3 is 5.97 Å². The first kappa shape index (κ1) is 16.1. The van der Waals surface area contributed by atoms with Crippen molar-refractivity contribution in [2.24, 2.45) is 0 Å². The van der Waals surface area contributed by atoms with Crippen molar-refractivity contribution in [3.63, 3.8) is 0 Å². The summed E-state index contributed by atoms with van der Waals surface area (Å²) in [5, 5.41) is 8.94. The number of hydrogen-bond acceptors (Lipinski definition) is 4. The minimum Gasteiger partial charge on any atom is -0.480 e. The number of hydrogen-bond donors (Lipinski definition) is 1.